The minimum atomic E-state index is -4.38. The van der Waals surface area contributed by atoms with Gasteiger partial charge in [-0.05, 0) is 37.1 Å². The molecule has 17 heavy (non-hydrogen) atoms. The van der Waals surface area contributed by atoms with Crippen molar-refractivity contribution in [3.63, 3.8) is 0 Å². The van der Waals surface area contributed by atoms with Gasteiger partial charge in [-0.15, -0.1) is 0 Å². The Hall–Kier alpha value is -1.23. The summed E-state index contributed by atoms with van der Waals surface area (Å²) in [5.74, 6) is -0.126. The lowest BCUT2D eigenvalue weighted by Crippen LogP contribution is -2.15. The van der Waals surface area contributed by atoms with E-state index < -0.39 is 11.7 Å². The molecule has 2 nitrogen and oxygen atoms in total. The number of rotatable bonds is 2. The number of ether oxygens (including phenoxy) is 1. The molecule has 5 heteroatoms. The number of hydrogen-bond acceptors (Lipinski definition) is 2. The third-order valence-electron chi connectivity index (χ3n) is 2.99. The Bertz CT molecular complexity index is 397. The molecular formula is C12H14F3NO. The molecule has 0 unspecified atom stereocenters. The maximum absolute atomic E-state index is 12.8. The fourth-order valence-electron chi connectivity index (χ4n) is 2.13. The zero-order chi connectivity index (χ0) is 12.5. The Morgan fingerprint density at radius 2 is 2.12 bits per heavy atom. The maximum atomic E-state index is 12.8. The van der Waals surface area contributed by atoms with Gasteiger partial charge in [0.1, 0.15) is 5.75 Å². The molecule has 2 rings (SSSR count). The van der Waals surface area contributed by atoms with Crippen molar-refractivity contribution in [2.75, 3.05) is 13.7 Å². The SMILES string of the molecule is COc1ccc([C@@H]2CCCN2)cc1C(F)(F)F. The van der Waals surface area contributed by atoms with Crippen LogP contribution in [0.15, 0.2) is 18.2 Å². The van der Waals surface area contributed by atoms with Gasteiger partial charge in [0, 0.05) is 6.04 Å². The summed E-state index contributed by atoms with van der Waals surface area (Å²) in [4.78, 5) is 0. The lowest BCUT2D eigenvalue weighted by molar-refractivity contribution is -0.138. The second-order valence-corrected chi connectivity index (χ2v) is 4.11. The largest absolute Gasteiger partial charge is 0.496 e. The van der Waals surface area contributed by atoms with Crippen molar-refractivity contribution in [1.29, 1.82) is 0 Å². The van der Waals surface area contributed by atoms with Gasteiger partial charge < -0.3 is 10.1 Å². The van der Waals surface area contributed by atoms with Gasteiger partial charge in [-0.1, -0.05) is 6.07 Å². The van der Waals surface area contributed by atoms with Crippen molar-refractivity contribution in [3.8, 4) is 5.75 Å². The lowest BCUT2D eigenvalue weighted by atomic mass is 10.0. The van der Waals surface area contributed by atoms with Crippen molar-refractivity contribution >= 4 is 0 Å². The van der Waals surface area contributed by atoms with Crippen molar-refractivity contribution in [1.82, 2.24) is 5.32 Å². The van der Waals surface area contributed by atoms with Gasteiger partial charge >= 0.3 is 6.18 Å². The van der Waals surface area contributed by atoms with Crippen LogP contribution in [0.1, 0.15) is 30.0 Å². The van der Waals surface area contributed by atoms with Crippen LogP contribution in [0.25, 0.3) is 0 Å². The molecule has 1 aliphatic rings. The van der Waals surface area contributed by atoms with Crippen LogP contribution in [0.4, 0.5) is 13.2 Å². The molecule has 1 aromatic rings. The van der Waals surface area contributed by atoms with E-state index >= 15 is 0 Å². The second kappa shape index (κ2) is 4.56. The molecule has 1 saturated heterocycles. The predicted octanol–water partition coefficient (Wildman–Crippen LogP) is 3.14. The van der Waals surface area contributed by atoms with Crippen molar-refractivity contribution in [2.24, 2.45) is 0 Å². The van der Waals surface area contributed by atoms with Crippen LogP contribution < -0.4 is 10.1 Å². The monoisotopic (exact) mass is 245 g/mol. The molecule has 1 aliphatic heterocycles. The van der Waals surface area contributed by atoms with E-state index in [2.05, 4.69) is 5.32 Å². The molecule has 0 radical (unpaired) electrons. The highest BCUT2D eigenvalue weighted by molar-refractivity contribution is 5.40. The van der Waals surface area contributed by atoms with E-state index in [-0.39, 0.29) is 11.8 Å². The van der Waals surface area contributed by atoms with E-state index in [1.54, 1.807) is 6.07 Å². The number of benzene rings is 1. The van der Waals surface area contributed by atoms with E-state index in [1.165, 1.54) is 19.2 Å². The molecule has 0 saturated carbocycles. The van der Waals surface area contributed by atoms with E-state index in [0.717, 1.165) is 19.4 Å². The molecule has 94 valence electrons. The maximum Gasteiger partial charge on any atom is 0.419 e. The molecule has 0 bridgehead atoms. The molecule has 0 aromatic heterocycles. The summed E-state index contributed by atoms with van der Waals surface area (Å²) in [7, 11) is 1.25. The Kier molecular flexibility index (Phi) is 3.28. The van der Waals surface area contributed by atoms with Crippen LogP contribution in [-0.2, 0) is 6.18 Å². The van der Waals surface area contributed by atoms with Crippen LogP contribution in [-0.4, -0.2) is 13.7 Å². The first-order chi connectivity index (χ1) is 8.02. The topological polar surface area (TPSA) is 21.3 Å². The number of nitrogens with one attached hydrogen (secondary N) is 1. The van der Waals surface area contributed by atoms with Crippen LogP contribution >= 0.6 is 0 Å². The second-order valence-electron chi connectivity index (χ2n) is 4.11. The Morgan fingerprint density at radius 3 is 2.65 bits per heavy atom. The summed E-state index contributed by atoms with van der Waals surface area (Å²) in [5.41, 5.74) is -0.0261. The van der Waals surface area contributed by atoms with Crippen LogP contribution in [0.2, 0.25) is 0 Å². The first kappa shape index (κ1) is 12.2. The summed E-state index contributed by atoms with van der Waals surface area (Å²) < 4.78 is 43.2. The molecule has 1 aromatic carbocycles. The normalized spacial score (nSPS) is 20.6. The van der Waals surface area contributed by atoms with Crippen LogP contribution in [0.5, 0.6) is 5.75 Å². The number of alkyl halides is 3. The van der Waals surface area contributed by atoms with Crippen LogP contribution in [0.3, 0.4) is 0 Å². The Morgan fingerprint density at radius 1 is 1.35 bits per heavy atom. The predicted molar refractivity (Wildman–Crippen MR) is 58.0 cm³/mol. The van der Waals surface area contributed by atoms with Gasteiger partial charge in [-0.2, -0.15) is 13.2 Å². The standard InChI is InChI=1S/C12H14F3NO/c1-17-11-5-4-8(10-3-2-6-16-10)7-9(11)12(13,14)15/h4-5,7,10,16H,2-3,6H2,1H3/t10-/m0/s1. The van der Waals surface area contributed by atoms with Crippen molar-refractivity contribution < 1.29 is 17.9 Å². The fourth-order valence-corrected chi connectivity index (χ4v) is 2.13. The minimum Gasteiger partial charge on any atom is -0.496 e. The van der Waals surface area contributed by atoms with Crippen LogP contribution in [0, 0.1) is 0 Å². The van der Waals surface area contributed by atoms with Gasteiger partial charge in [0.25, 0.3) is 0 Å². The lowest BCUT2D eigenvalue weighted by Gasteiger charge is -2.16. The summed E-state index contributed by atoms with van der Waals surface area (Å²) in [6.07, 6.45) is -2.50. The third kappa shape index (κ3) is 2.54. The number of halogens is 3. The Balaban J connectivity index is 2.37. The van der Waals surface area contributed by atoms with E-state index in [0.29, 0.717) is 5.56 Å². The first-order valence-electron chi connectivity index (χ1n) is 5.51. The summed E-state index contributed by atoms with van der Waals surface area (Å²) >= 11 is 0. The molecule has 1 N–H and O–H groups in total. The molecule has 0 aliphatic carbocycles. The number of hydrogen-bond donors (Lipinski definition) is 1. The van der Waals surface area contributed by atoms with Gasteiger partial charge in [-0.25, -0.2) is 0 Å². The van der Waals surface area contributed by atoms with E-state index in [4.69, 9.17) is 4.74 Å². The molecule has 1 atom stereocenters. The van der Waals surface area contributed by atoms with Gasteiger partial charge in [0.05, 0.1) is 12.7 Å². The summed E-state index contributed by atoms with van der Waals surface area (Å²) in [6, 6.07) is 4.29. The average Bonchev–Trinajstić information content (AvgIpc) is 2.80. The molecule has 1 heterocycles. The highest BCUT2D eigenvalue weighted by Crippen LogP contribution is 2.38. The van der Waals surface area contributed by atoms with Crippen molar-refractivity contribution in [3.05, 3.63) is 29.3 Å². The zero-order valence-corrected chi connectivity index (χ0v) is 9.47. The molecule has 1 fully saturated rings. The van der Waals surface area contributed by atoms with Gasteiger partial charge in [0.15, 0.2) is 0 Å². The highest BCUT2D eigenvalue weighted by Gasteiger charge is 2.35. The molecule has 0 amide bonds. The molecule has 0 spiro atoms. The number of methoxy groups -OCH3 is 1. The molecular weight excluding hydrogens is 231 g/mol. The zero-order valence-electron chi connectivity index (χ0n) is 9.47. The quantitative estimate of drug-likeness (QED) is 0.864. The van der Waals surface area contributed by atoms with E-state index in [1.807, 2.05) is 0 Å². The summed E-state index contributed by atoms with van der Waals surface area (Å²) in [6.45, 7) is 0.859. The highest BCUT2D eigenvalue weighted by atomic mass is 19.4. The third-order valence-corrected chi connectivity index (χ3v) is 2.99. The van der Waals surface area contributed by atoms with Gasteiger partial charge in [0.2, 0.25) is 0 Å². The minimum absolute atomic E-state index is 0.0296. The van der Waals surface area contributed by atoms with Gasteiger partial charge in [-0.3, -0.25) is 0 Å². The van der Waals surface area contributed by atoms with E-state index in [9.17, 15) is 13.2 Å². The smallest absolute Gasteiger partial charge is 0.419 e. The summed E-state index contributed by atoms with van der Waals surface area (Å²) in [5, 5.41) is 3.18. The Labute approximate surface area is 97.8 Å². The fraction of sp³-hybridized carbons (Fsp3) is 0.500. The first-order valence-corrected chi connectivity index (χ1v) is 5.51. The average molecular weight is 245 g/mol. The van der Waals surface area contributed by atoms with Crippen molar-refractivity contribution in [2.45, 2.75) is 25.1 Å².